The predicted octanol–water partition coefficient (Wildman–Crippen LogP) is 2.61. The molecule has 70 valence electrons. The fraction of sp³-hybridized carbons (Fsp3) is 1.00. The Morgan fingerprint density at radius 1 is 1.50 bits per heavy atom. The van der Waals surface area contributed by atoms with Crippen LogP contribution < -0.4 is 0 Å². The number of aliphatic hydroxyl groups is 1. The topological polar surface area (TPSA) is 20.2 Å². The van der Waals surface area contributed by atoms with E-state index in [1.54, 1.807) is 0 Å². The van der Waals surface area contributed by atoms with Gasteiger partial charge in [-0.15, -0.1) is 0 Å². The predicted molar refractivity (Wildman–Crippen MR) is 58.4 cm³/mol. The molecule has 0 aliphatic heterocycles. The van der Waals surface area contributed by atoms with Crippen LogP contribution >= 0.6 is 22.6 Å². The van der Waals surface area contributed by atoms with Crippen LogP contribution in [0.25, 0.3) is 0 Å². The number of hydrogen-bond acceptors (Lipinski definition) is 1. The van der Waals surface area contributed by atoms with Crippen LogP contribution in [0, 0.1) is 16.7 Å². The van der Waals surface area contributed by atoms with Gasteiger partial charge in [-0.3, -0.25) is 0 Å². The van der Waals surface area contributed by atoms with Crippen molar-refractivity contribution in [2.75, 3.05) is 4.43 Å². The zero-order valence-electron chi connectivity index (χ0n) is 7.81. The first-order valence-corrected chi connectivity index (χ1v) is 6.31. The van der Waals surface area contributed by atoms with Gasteiger partial charge in [0.15, 0.2) is 0 Å². The molecule has 1 nitrogen and oxygen atoms in total. The van der Waals surface area contributed by atoms with Crippen LogP contribution in [0.15, 0.2) is 0 Å². The van der Waals surface area contributed by atoms with Crippen molar-refractivity contribution in [3.8, 4) is 0 Å². The molecule has 12 heavy (non-hydrogen) atoms. The molecular formula is C10H17IO. The fourth-order valence-electron chi connectivity index (χ4n) is 3.35. The highest BCUT2D eigenvalue weighted by atomic mass is 127. The van der Waals surface area contributed by atoms with Gasteiger partial charge in [-0.05, 0) is 30.6 Å². The summed E-state index contributed by atoms with van der Waals surface area (Å²) in [4.78, 5) is 0. The van der Waals surface area contributed by atoms with Crippen LogP contribution in [0.4, 0.5) is 0 Å². The zero-order chi connectivity index (χ0) is 8.98. The Bertz CT molecular complexity index is 202. The Labute approximate surface area is 88.1 Å². The van der Waals surface area contributed by atoms with E-state index in [-0.39, 0.29) is 11.5 Å². The minimum absolute atomic E-state index is 0.0249. The molecule has 0 amide bonds. The number of fused-ring (bicyclic) bond motifs is 2. The lowest BCUT2D eigenvalue weighted by molar-refractivity contribution is 0.0191. The first-order chi connectivity index (χ1) is 5.54. The van der Waals surface area contributed by atoms with Crippen molar-refractivity contribution < 1.29 is 5.11 Å². The standard InChI is InChI=1S/C10H17IO/c1-9(2)7-3-4-10(9,6-11)8(12)5-7/h7-8,12H,3-6H2,1-2H3/t7-,8-,10+/m1/s1. The summed E-state index contributed by atoms with van der Waals surface area (Å²) in [7, 11) is 0. The molecule has 2 rings (SSSR count). The third-order valence-electron chi connectivity index (χ3n) is 4.63. The zero-order valence-corrected chi connectivity index (χ0v) is 9.97. The molecule has 2 fully saturated rings. The van der Waals surface area contributed by atoms with E-state index < -0.39 is 0 Å². The van der Waals surface area contributed by atoms with E-state index in [1.807, 2.05) is 0 Å². The monoisotopic (exact) mass is 280 g/mol. The van der Waals surface area contributed by atoms with Gasteiger partial charge in [0.05, 0.1) is 6.10 Å². The van der Waals surface area contributed by atoms with E-state index in [0.717, 1.165) is 16.8 Å². The number of alkyl halides is 1. The van der Waals surface area contributed by atoms with Crippen molar-refractivity contribution in [2.45, 2.75) is 39.2 Å². The summed E-state index contributed by atoms with van der Waals surface area (Å²) in [5.41, 5.74) is 0.631. The van der Waals surface area contributed by atoms with E-state index in [2.05, 4.69) is 36.4 Å². The summed E-state index contributed by atoms with van der Waals surface area (Å²) in [6, 6.07) is 0. The number of hydrogen-bond donors (Lipinski definition) is 1. The molecule has 3 atom stereocenters. The van der Waals surface area contributed by atoms with Gasteiger partial charge < -0.3 is 5.11 Å². The second kappa shape index (κ2) is 2.59. The van der Waals surface area contributed by atoms with Crippen LogP contribution in [0.2, 0.25) is 0 Å². The number of aliphatic hydroxyl groups excluding tert-OH is 1. The lowest BCUT2D eigenvalue weighted by atomic mass is 9.70. The average molecular weight is 280 g/mol. The average Bonchev–Trinajstić information content (AvgIpc) is 2.36. The molecular weight excluding hydrogens is 263 g/mol. The normalized spacial score (nSPS) is 50.0. The van der Waals surface area contributed by atoms with E-state index in [9.17, 15) is 5.11 Å². The molecule has 2 aliphatic carbocycles. The van der Waals surface area contributed by atoms with E-state index in [4.69, 9.17) is 0 Å². The molecule has 2 saturated carbocycles. The molecule has 0 aromatic carbocycles. The highest BCUT2D eigenvalue weighted by molar-refractivity contribution is 14.1. The van der Waals surface area contributed by atoms with Gasteiger partial charge in [0.25, 0.3) is 0 Å². The number of halogens is 1. The Kier molecular flexibility index (Phi) is 2.00. The second-order valence-electron chi connectivity index (χ2n) is 5.00. The largest absolute Gasteiger partial charge is 0.392 e. The maximum absolute atomic E-state index is 10.0. The van der Waals surface area contributed by atoms with Gasteiger partial charge in [0, 0.05) is 9.84 Å². The minimum atomic E-state index is -0.0249. The molecule has 0 radical (unpaired) electrons. The van der Waals surface area contributed by atoms with E-state index in [1.165, 1.54) is 12.8 Å². The summed E-state index contributed by atoms with van der Waals surface area (Å²) in [6.45, 7) is 4.69. The SMILES string of the molecule is CC1(C)[C@@H]2CC[C@]1(CI)[C@H](O)C2. The first-order valence-electron chi connectivity index (χ1n) is 4.78. The Balaban J connectivity index is 2.39. The van der Waals surface area contributed by atoms with Gasteiger partial charge in [-0.1, -0.05) is 36.4 Å². The Morgan fingerprint density at radius 2 is 2.17 bits per heavy atom. The molecule has 0 unspecified atom stereocenters. The van der Waals surface area contributed by atoms with E-state index >= 15 is 0 Å². The molecule has 2 bridgehead atoms. The lowest BCUT2D eigenvalue weighted by Crippen LogP contribution is -2.40. The quantitative estimate of drug-likeness (QED) is 0.578. The molecule has 0 spiro atoms. The van der Waals surface area contributed by atoms with Crippen LogP contribution in [0.5, 0.6) is 0 Å². The van der Waals surface area contributed by atoms with Crippen molar-refractivity contribution in [3.63, 3.8) is 0 Å². The van der Waals surface area contributed by atoms with Crippen LogP contribution in [0.3, 0.4) is 0 Å². The Morgan fingerprint density at radius 3 is 2.42 bits per heavy atom. The summed E-state index contributed by atoms with van der Waals surface area (Å²) >= 11 is 2.45. The maximum Gasteiger partial charge on any atom is 0.0611 e. The second-order valence-corrected chi connectivity index (χ2v) is 5.76. The lowest BCUT2D eigenvalue weighted by Gasteiger charge is -2.39. The minimum Gasteiger partial charge on any atom is -0.392 e. The maximum atomic E-state index is 10.0. The molecule has 0 saturated heterocycles. The highest BCUT2D eigenvalue weighted by Crippen LogP contribution is 2.66. The van der Waals surface area contributed by atoms with Gasteiger partial charge in [-0.25, -0.2) is 0 Å². The van der Waals surface area contributed by atoms with Crippen LogP contribution in [-0.4, -0.2) is 15.6 Å². The Hall–Kier alpha value is 0.690. The van der Waals surface area contributed by atoms with Crippen molar-refractivity contribution >= 4 is 22.6 Å². The third kappa shape index (κ3) is 0.834. The smallest absolute Gasteiger partial charge is 0.0611 e. The van der Waals surface area contributed by atoms with Crippen LogP contribution in [-0.2, 0) is 0 Å². The third-order valence-corrected chi connectivity index (χ3v) is 5.99. The summed E-state index contributed by atoms with van der Waals surface area (Å²) in [5.74, 6) is 0.780. The van der Waals surface area contributed by atoms with E-state index in [0.29, 0.717) is 5.41 Å². The molecule has 0 aromatic rings. The molecule has 2 heteroatoms. The van der Waals surface area contributed by atoms with Crippen LogP contribution in [0.1, 0.15) is 33.1 Å². The molecule has 2 aliphatic rings. The van der Waals surface area contributed by atoms with Crippen molar-refractivity contribution in [1.82, 2.24) is 0 Å². The first kappa shape index (κ1) is 9.25. The molecule has 1 N–H and O–H groups in total. The summed E-state index contributed by atoms with van der Waals surface area (Å²) < 4.78 is 1.12. The molecule has 0 heterocycles. The van der Waals surface area contributed by atoms with Gasteiger partial charge in [-0.2, -0.15) is 0 Å². The highest BCUT2D eigenvalue weighted by Gasteiger charge is 2.62. The fourth-order valence-corrected chi connectivity index (χ4v) is 5.23. The van der Waals surface area contributed by atoms with Gasteiger partial charge >= 0.3 is 0 Å². The van der Waals surface area contributed by atoms with Crippen molar-refractivity contribution in [1.29, 1.82) is 0 Å². The summed E-state index contributed by atoms with van der Waals surface area (Å²) in [6.07, 6.45) is 3.61. The van der Waals surface area contributed by atoms with Gasteiger partial charge in [0.2, 0.25) is 0 Å². The summed E-state index contributed by atoms with van der Waals surface area (Å²) in [5, 5.41) is 10.0. The van der Waals surface area contributed by atoms with Crippen molar-refractivity contribution in [3.05, 3.63) is 0 Å². The van der Waals surface area contributed by atoms with Gasteiger partial charge in [0.1, 0.15) is 0 Å². The van der Waals surface area contributed by atoms with Crippen molar-refractivity contribution in [2.24, 2.45) is 16.7 Å². The number of rotatable bonds is 1. The molecule has 0 aromatic heterocycles.